The highest BCUT2D eigenvalue weighted by atomic mass is 32.2. The maximum atomic E-state index is 12.9. The van der Waals surface area contributed by atoms with Crippen LogP contribution in [-0.2, 0) is 20.2 Å². The first kappa shape index (κ1) is 24.0. The third-order valence-corrected chi connectivity index (χ3v) is 5.14. The third-order valence-electron chi connectivity index (χ3n) is 4.55. The van der Waals surface area contributed by atoms with Crippen LogP contribution in [0.1, 0.15) is 26.3 Å². The predicted molar refractivity (Wildman–Crippen MR) is 120 cm³/mol. The number of rotatable bonds is 4. The average molecular weight is 439 g/mol. The molecule has 0 amide bonds. The summed E-state index contributed by atoms with van der Waals surface area (Å²) in [6, 6.07) is 12.2. The van der Waals surface area contributed by atoms with Gasteiger partial charge in [0.2, 0.25) is 10.0 Å². The second-order valence-corrected chi connectivity index (χ2v) is 9.87. The maximum absolute atomic E-state index is 12.9. The van der Waals surface area contributed by atoms with E-state index >= 15 is 0 Å². The summed E-state index contributed by atoms with van der Waals surface area (Å²) in [4.78, 5) is 2.13. The SMILES string of the molecule is COc1ccc(C(C)(C)C)cc1NS(C)(=O)=O.Fc1cccc(N2CCOCC2)c1. The van der Waals surface area contributed by atoms with Crippen molar-refractivity contribution in [2.45, 2.75) is 26.2 Å². The third kappa shape index (κ3) is 7.50. The Hall–Kier alpha value is -2.32. The fraction of sp³-hybridized carbons (Fsp3) is 0.455. The van der Waals surface area contributed by atoms with Gasteiger partial charge < -0.3 is 14.4 Å². The highest BCUT2D eigenvalue weighted by molar-refractivity contribution is 7.92. The Bertz CT molecular complexity index is 936. The second kappa shape index (κ2) is 10.1. The van der Waals surface area contributed by atoms with Crippen molar-refractivity contribution in [1.29, 1.82) is 0 Å². The van der Waals surface area contributed by atoms with Crippen molar-refractivity contribution in [2.75, 3.05) is 49.3 Å². The minimum Gasteiger partial charge on any atom is -0.495 e. The van der Waals surface area contributed by atoms with Crippen LogP contribution in [0.2, 0.25) is 0 Å². The number of nitrogens with zero attached hydrogens (tertiary/aromatic N) is 1. The lowest BCUT2D eigenvalue weighted by Gasteiger charge is -2.28. The zero-order valence-electron chi connectivity index (χ0n) is 18.2. The highest BCUT2D eigenvalue weighted by Crippen LogP contribution is 2.31. The van der Waals surface area contributed by atoms with Crippen molar-refractivity contribution >= 4 is 21.4 Å². The van der Waals surface area contributed by atoms with E-state index in [-0.39, 0.29) is 11.2 Å². The maximum Gasteiger partial charge on any atom is 0.229 e. The van der Waals surface area contributed by atoms with Gasteiger partial charge in [-0.1, -0.05) is 32.9 Å². The molecule has 1 heterocycles. The molecule has 1 saturated heterocycles. The van der Waals surface area contributed by atoms with Crippen molar-refractivity contribution in [3.63, 3.8) is 0 Å². The molecule has 30 heavy (non-hydrogen) atoms. The molecule has 2 aromatic carbocycles. The summed E-state index contributed by atoms with van der Waals surface area (Å²) in [5.74, 6) is 0.340. The van der Waals surface area contributed by atoms with Crippen LogP contribution >= 0.6 is 0 Å². The quantitative estimate of drug-likeness (QED) is 0.781. The van der Waals surface area contributed by atoms with E-state index in [9.17, 15) is 12.8 Å². The van der Waals surface area contributed by atoms with Gasteiger partial charge in [0.25, 0.3) is 0 Å². The Morgan fingerprint density at radius 1 is 1.10 bits per heavy atom. The van der Waals surface area contributed by atoms with E-state index in [1.165, 1.54) is 13.2 Å². The smallest absolute Gasteiger partial charge is 0.229 e. The molecule has 166 valence electrons. The van der Waals surface area contributed by atoms with Crippen molar-refractivity contribution in [2.24, 2.45) is 0 Å². The normalized spacial score (nSPS) is 14.5. The van der Waals surface area contributed by atoms with E-state index < -0.39 is 10.0 Å². The molecule has 1 fully saturated rings. The zero-order valence-corrected chi connectivity index (χ0v) is 19.1. The van der Waals surface area contributed by atoms with E-state index in [2.05, 4.69) is 30.4 Å². The molecule has 1 aliphatic rings. The summed E-state index contributed by atoms with van der Waals surface area (Å²) in [5, 5.41) is 0. The van der Waals surface area contributed by atoms with Gasteiger partial charge in [0.15, 0.2) is 0 Å². The summed E-state index contributed by atoms with van der Waals surface area (Å²) in [6.07, 6.45) is 1.12. The molecular weight excluding hydrogens is 407 g/mol. The first-order valence-electron chi connectivity index (χ1n) is 9.74. The van der Waals surface area contributed by atoms with Crippen LogP contribution in [0.25, 0.3) is 0 Å². The summed E-state index contributed by atoms with van der Waals surface area (Å²) in [5.41, 5.74) is 2.43. The first-order valence-corrected chi connectivity index (χ1v) is 11.6. The second-order valence-electron chi connectivity index (χ2n) is 8.12. The van der Waals surface area contributed by atoms with E-state index in [0.29, 0.717) is 11.4 Å². The van der Waals surface area contributed by atoms with Gasteiger partial charge >= 0.3 is 0 Å². The minimum atomic E-state index is -3.30. The summed E-state index contributed by atoms with van der Waals surface area (Å²) >= 11 is 0. The van der Waals surface area contributed by atoms with Crippen LogP contribution in [0.3, 0.4) is 0 Å². The molecule has 0 spiro atoms. The number of nitrogens with one attached hydrogen (secondary N) is 1. The Labute approximate surface area is 179 Å². The molecule has 2 aromatic rings. The van der Waals surface area contributed by atoms with Crippen molar-refractivity contribution in [1.82, 2.24) is 0 Å². The number of anilines is 2. The number of ether oxygens (including phenoxy) is 2. The molecule has 3 rings (SSSR count). The fourth-order valence-corrected chi connectivity index (χ4v) is 3.51. The zero-order chi connectivity index (χ0) is 22.4. The molecule has 0 aliphatic carbocycles. The lowest BCUT2D eigenvalue weighted by atomic mass is 9.87. The lowest BCUT2D eigenvalue weighted by Crippen LogP contribution is -2.36. The highest BCUT2D eigenvalue weighted by Gasteiger charge is 2.17. The van der Waals surface area contributed by atoms with Crippen LogP contribution < -0.4 is 14.4 Å². The van der Waals surface area contributed by atoms with Gasteiger partial charge in [-0.05, 0) is 41.3 Å². The molecule has 1 aliphatic heterocycles. The fourth-order valence-electron chi connectivity index (χ4n) is 2.95. The van der Waals surface area contributed by atoms with E-state index in [0.717, 1.165) is 43.8 Å². The van der Waals surface area contributed by atoms with Gasteiger partial charge in [0.05, 0.1) is 32.3 Å². The molecule has 0 atom stereocenters. The standard InChI is InChI=1S/C12H19NO3S.C10H12FNO/c1-12(2,3)9-6-7-11(16-4)10(8-9)13-17(5,14)15;11-9-2-1-3-10(8-9)12-4-6-13-7-5-12/h6-8,13H,1-5H3;1-3,8H,4-7H2. The molecule has 1 N–H and O–H groups in total. The Morgan fingerprint density at radius 3 is 2.30 bits per heavy atom. The number of halogens is 1. The number of hydrogen-bond donors (Lipinski definition) is 1. The summed E-state index contributed by atoms with van der Waals surface area (Å²) in [6.45, 7) is 9.37. The van der Waals surface area contributed by atoms with E-state index in [4.69, 9.17) is 9.47 Å². The molecule has 0 aromatic heterocycles. The van der Waals surface area contributed by atoms with Crippen molar-refractivity contribution < 1.29 is 22.3 Å². The summed E-state index contributed by atoms with van der Waals surface area (Å²) < 4.78 is 48.2. The van der Waals surface area contributed by atoms with Gasteiger partial charge in [-0.3, -0.25) is 4.72 Å². The van der Waals surface area contributed by atoms with E-state index in [1.807, 2.05) is 12.1 Å². The molecule has 6 nitrogen and oxygen atoms in total. The molecular formula is C22H31FN2O4S. The molecule has 0 saturated carbocycles. The Kier molecular flexibility index (Phi) is 8.09. The van der Waals surface area contributed by atoms with Crippen LogP contribution in [-0.4, -0.2) is 48.1 Å². The molecule has 0 unspecified atom stereocenters. The van der Waals surface area contributed by atoms with Gasteiger partial charge in [-0.15, -0.1) is 0 Å². The number of sulfonamides is 1. The lowest BCUT2D eigenvalue weighted by molar-refractivity contribution is 0.122. The Morgan fingerprint density at radius 2 is 1.77 bits per heavy atom. The molecule has 0 bridgehead atoms. The number of hydrogen-bond acceptors (Lipinski definition) is 5. The topological polar surface area (TPSA) is 67.9 Å². The van der Waals surface area contributed by atoms with Crippen LogP contribution in [0.15, 0.2) is 42.5 Å². The molecule has 0 radical (unpaired) electrons. The van der Waals surface area contributed by atoms with E-state index in [1.54, 1.807) is 24.3 Å². The van der Waals surface area contributed by atoms with Gasteiger partial charge in [0, 0.05) is 18.8 Å². The van der Waals surface area contributed by atoms with Crippen LogP contribution in [0.5, 0.6) is 5.75 Å². The predicted octanol–water partition coefficient (Wildman–Crippen LogP) is 4.03. The van der Waals surface area contributed by atoms with Crippen LogP contribution in [0.4, 0.5) is 15.8 Å². The Balaban J connectivity index is 0.000000220. The monoisotopic (exact) mass is 438 g/mol. The largest absolute Gasteiger partial charge is 0.495 e. The number of morpholine rings is 1. The number of methoxy groups -OCH3 is 1. The van der Waals surface area contributed by atoms with Crippen LogP contribution in [0, 0.1) is 5.82 Å². The van der Waals surface area contributed by atoms with Gasteiger partial charge in [0.1, 0.15) is 11.6 Å². The van der Waals surface area contributed by atoms with Crippen molar-refractivity contribution in [3.8, 4) is 5.75 Å². The average Bonchev–Trinajstić information content (AvgIpc) is 2.67. The molecule has 8 heteroatoms. The van der Waals surface area contributed by atoms with Gasteiger partial charge in [-0.25, -0.2) is 12.8 Å². The first-order chi connectivity index (χ1) is 14.0. The minimum absolute atomic E-state index is 0.0415. The van der Waals surface area contributed by atoms with Crippen molar-refractivity contribution in [3.05, 3.63) is 53.8 Å². The number of benzene rings is 2. The van der Waals surface area contributed by atoms with Gasteiger partial charge in [-0.2, -0.15) is 0 Å². The summed E-state index contributed by atoms with van der Waals surface area (Å²) in [7, 11) is -1.79.